The fourth-order valence-electron chi connectivity index (χ4n) is 3.21. The summed E-state index contributed by atoms with van der Waals surface area (Å²) in [5, 5.41) is 0. The standard InChI is InChI=1S/C18H28N4/c1-14-5-7-15(8-6-14)17(22-11-3-4-12-22)13-20-18(19)21(2)16-9-10-16/h5-8,16-17H,3-4,9-13H2,1-2H3,(H2,19,20). The van der Waals surface area contributed by atoms with Gasteiger partial charge in [0.05, 0.1) is 12.6 Å². The van der Waals surface area contributed by atoms with Crippen LogP contribution in [0.1, 0.15) is 42.9 Å². The Hall–Kier alpha value is -1.55. The summed E-state index contributed by atoms with van der Waals surface area (Å²) in [4.78, 5) is 9.40. The Balaban J connectivity index is 1.73. The molecular formula is C18H28N4. The van der Waals surface area contributed by atoms with Crippen LogP contribution < -0.4 is 5.73 Å². The van der Waals surface area contributed by atoms with Gasteiger partial charge in [0.1, 0.15) is 0 Å². The highest BCUT2D eigenvalue weighted by Gasteiger charge is 2.28. The van der Waals surface area contributed by atoms with Crippen LogP contribution in [0.15, 0.2) is 29.3 Å². The van der Waals surface area contributed by atoms with Gasteiger partial charge in [0.15, 0.2) is 5.96 Å². The summed E-state index contributed by atoms with van der Waals surface area (Å²) < 4.78 is 0. The van der Waals surface area contributed by atoms with Crippen molar-refractivity contribution >= 4 is 5.96 Å². The van der Waals surface area contributed by atoms with Crippen LogP contribution in [0.25, 0.3) is 0 Å². The summed E-state index contributed by atoms with van der Waals surface area (Å²) >= 11 is 0. The number of nitrogens with two attached hydrogens (primary N) is 1. The fourth-order valence-corrected chi connectivity index (χ4v) is 3.21. The van der Waals surface area contributed by atoms with Crippen molar-refractivity contribution in [3.05, 3.63) is 35.4 Å². The van der Waals surface area contributed by atoms with Gasteiger partial charge in [-0.05, 0) is 51.3 Å². The molecular weight excluding hydrogens is 272 g/mol. The molecule has 120 valence electrons. The van der Waals surface area contributed by atoms with E-state index in [0.29, 0.717) is 18.0 Å². The van der Waals surface area contributed by atoms with Crippen molar-refractivity contribution in [2.45, 2.75) is 44.7 Å². The Kier molecular flexibility index (Phi) is 4.67. The summed E-state index contributed by atoms with van der Waals surface area (Å²) in [6.07, 6.45) is 5.09. The minimum Gasteiger partial charge on any atom is -0.370 e. The van der Waals surface area contributed by atoms with Crippen LogP contribution in [-0.2, 0) is 0 Å². The maximum absolute atomic E-state index is 6.16. The zero-order valence-electron chi connectivity index (χ0n) is 13.8. The van der Waals surface area contributed by atoms with Gasteiger partial charge >= 0.3 is 0 Å². The molecule has 2 fully saturated rings. The third-order valence-corrected chi connectivity index (χ3v) is 4.93. The van der Waals surface area contributed by atoms with Crippen molar-refractivity contribution in [2.75, 3.05) is 26.7 Å². The SMILES string of the molecule is Cc1ccc(C(CN=C(N)N(C)C2CC2)N2CCCC2)cc1. The van der Waals surface area contributed by atoms with Crippen molar-refractivity contribution in [1.82, 2.24) is 9.80 Å². The number of rotatable bonds is 5. The smallest absolute Gasteiger partial charge is 0.191 e. The molecule has 4 nitrogen and oxygen atoms in total. The lowest BCUT2D eigenvalue weighted by atomic mass is 10.0. The summed E-state index contributed by atoms with van der Waals surface area (Å²) in [7, 11) is 2.06. The van der Waals surface area contributed by atoms with Crippen LogP contribution in [0.3, 0.4) is 0 Å². The number of aliphatic imine (C=N–C) groups is 1. The second-order valence-electron chi connectivity index (χ2n) is 6.71. The summed E-state index contributed by atoms with van der Waals surface area (Å²) in [5.74, 6) is 0.693. The molecule has 1 aliphatic carbocycles. The van der Waals surface area contributed by atoms with Crippen molar-refractivity contribution in [3.8, 4) is 0 Å². The Morgan fingerprint density at radius 1 is 1.27 bits per heavy atom. The third kappa shape index (κ3) is 3.61. The van der Waals surface area contributed by atoms with E-state index >= 15 is 0 Å². The van der Waals surface area contributed by atoms with Crippen LogP contribution >= 0.6 is 0 Å². The van der Waals surface area contributed by atoms with Gasteiger partial charge in [-0.15, -0.1) is 0 Å². The Morgan fingerprint density at radius 2 is 1.91 bits per heavy atom. The van der Waals surface area contributed by atoms with E-state index in [2.05, 4.69) is 48.0 Å². The lowest BCUT2D eigenvalue weighted by molar-refractivity contribution is 0.251. The van der Waals surface area contributed by atoms with E-state index in [1.54, 1.807) is 0 Å². The summed E-state index contributed by atoms with van der Waals surface area (Å²) in [6.45, 7) is 5.24. The molecule has 1 aliphatic heterocycles. The number of nitrogens with zero attached hydrogens (tertiary/aromatic N) is 3. The third-order valence-electron chi connectivity index (χ3n) is 4.93. The molecule has 1 unspecified atom stereocenters. The zero-order chi connectivity index (χ0) is 15.5. The van der Waals surface area contributed by atoms with Crippen molar-refractivity contribution in [2.24, 2.45) is 10.7 Å². The second kappa shape index (κ2) is 6.69. The molecule has 2 N–H and O–H groups in total. The monoisotopic (exact) mass is 300 g/mol. The molecule has 4 heteroatoms. The molecule has 0 radical (unpaired) electrons. The largest absolute Gasteiger partial charge is 0.370 e. The van der Waals surface area contributed by atoms with Crippen LogP contribution in [0.5, 0.6) is 0 Å². The average Bonchev–Trinajstić information content (AvgIpc) is 3.24. The minimum absolute atomic E-state index is 0.356. The quantitative estimate of drug-likeness (QED) is 0.671. The molecule has 1 atom stereocenters. The fraction of sp³-hybridized carbons (Fsp3) is 0.611. The first kappa shape index (κ1) is 15.3. The van der Waals surface area contributed by atoms with E-state index in [1.807, 2.05) is 0 Å². The number of aryl methyl sites for hydroxylation is 1. The zero-order valence-corrected chi connectivity index (χ0v) is 13.8. The van der Waals surface area contributed by atoms with Gasteiger partial charge in [0.25, 0.3) is 0 Å². The topological polar surface area (TPSA) is 44.9 Å². The highest BCUT2D eigenvalue weighted by atomic mass is 15.3. The lowest BCUT2D eigenvalue weighted by Crippen LogP contribution is -2.37. The lowest BCUT2D eigenvalue weighted by Gasteiger charge is -2.27. The van der Waals surface area contributed by atoms with Gasteiger partial charge in [0.2, 0.25) is 0 Å². The second-order valence-corrected chi connectivity index (χ2v) is 6.71. The molecule has 2 aliphatic rings. The molecule has 1 aromatic carbocycles. The van der Waals surface area contributed by atoms with E-state index in [0.717, 1.165) is 6.54 Å². The van der Waals surface area contributed by atoms with E-state index in [-0.39, 0.29) is 0 Å². The van der Waals surface area contributed by atoms with E-state index in [1.165, 1.54) is 49.9 Å². The molecule has 0 aromatic heterocycles. The van der Waals surface area contributed by atoms with Gasteiger partial charge in [0, 0.05) is 13.1 Å². The maximum Gasteiger partial charge on any atom is 0.191 e. The number of hydrogen-bond donors (Lipinski definition) is 1. The predicted octanol–water partition coefficient (Wildman–Crippen LogP) is 2.54. The van der Waals surface area contributed by atoms with Crippen LogP contribution in [0, 0.1) is 6.92 Å². The first-order chi connectivity index (χ1) is 10.6. The Bertz CT molecular complexity index is 512. The number of guanidine groups is 1. The van der Waals surface area contributed by atoms with Gasteiger partial charge in [-0.2, -0.15) is 0 Å². The van der Waals surface area contributed by atoms with E-state index < -0.39 is 0 Å². The van der Waals surface area contributed by atoms with Gasteiger partial charge in [-0.1, -0.05) is 29.8 Å². The summed E-state index contributed by atoms with van der Waals surface area (Å²) in [5.41, 5.74) is 8.83. The normalized spacial score (nSPS) is 21.1. The van der Waals surface area contributed by atoms with E-state index in [4.69, 9.17) is 10.7 Å². The van der Waals surface area contributed by atoms with Crippen molar-refractivity contribution in [3.63, 3.8) is 0 Å². The van der Waals surface area contributed by atoms with Gasteiger partial charge in [-0.3, -0.25) is 9.89 Å². The van der Waals surface area contributed by atoms with Crippen LogP contribution in [-0.4, -0.2) is 48.5 Å². The number of likely N-dealkylation sites (tertiary alicyclic amines) is 1. The molecule has 3 rings (SSSR count). The minimum atomic E-state index is 0.356. The molecule has 0 bridgehead atoms. The first-order valence-electron chi connectivity index (χ1n) is 8.48. The van der Waals surface area contributed by atoms with Gasteiger partial charge in [-0.25, -0.2) is 0 Å². The molecule has 0 amide bonds. The predicted molar refractivity (Wildman–Crippen MR) is 92.0 cm³/mol. The molecule has 1 aromatic rings. The molecule has 1 heterocycles. The van der Waals surface area contributed by atoms with Crippen LogP contribution in [0.2, 0.25) is 0 Å². The highest BCUT2D eigenvalue weighted by molar-refractivity contribution is 5.78. The molecule has 1 saturated heterocycles. The average molecular weight is 300 g/mol. The Morgan fingerprint density at radius 3 is 2.50 bits per heavy atom. The molecule has 0 spiro atoms. The molecule has 22 heavy (non-hydrogen) atoms. The number of benzene rings is 1. The first-order valence-corrected chi connectivity index (χ1v) is 8.48. The highest BCUT2D eigenvalue weighted by Crippen LogP contribution is 2.27. The van der Waals surface area contributed by atoms with Gasteiger partial charge < -0.3 is 10.6 Å². The molecule has 1 saturated carbocycles. The van der Waals surface area contributed by atoms with E-state index in [9.17, 15) is 0 Å². The maximum atomic E-state index is 6.16. The summed E-state index contributed by atoms with van der Waals surface area (Å²) in [6, 6.07) is 9.86. The number of hydrogen-bond acceptors (Lipinski definition) is 2. The Labute approximate surface area is 134 Å². The van der Waals surface area contributed by atoms with Crippen molar-refractivity contribution < 1.29 is 0 Å². The van der Waals surface area contributed by atoms with Crippen LogP contribution in [0.4, 0.5) is 0 Å². The van der Waals surface area contributed by atoms with Crippen molar-refractivity contribution in [1.29, 1.82) is 0 Å².